The maximum atomic E-state index is 6.02. The first-order chi connectivity index (χ1) is 9.19. The Labute approximate surface area is 120 Å². The van der Waals surface area contributed by atoms with E-state index in [1.165, 1.54) is 5.56 Å². The van der Waals surface area contributed by atoms with Crippen LogP contribution in [0, 0.1) is 0 Å². The molecule has 0 radical (unpaired) electrons. The van der Waals surface area contributed by atoms with Crippen LogP contribution in [0.1, 0.15) is 25.5 Å². The smallest absolute Gasteiger partial charge is 0.0826 e. The molecule has 2 rings (SSSR count). The largest absolute Gasteiger partial charge is 0.374 e. The molecular weight excluding hydrogens is 260 g/mol. The number of nitrogens with zero attached hydrogens (tertiary/aromatic N) is 1. The van der Waals surface area contributed by atoms with Gasteiger partial charge < -0.3 is 10.1 Å². The van der Waals surface area contributed by atoms with E-state index in [1.807, 2.05) is 18.2 Å². The Kier molecular flexibility index (Phi) is 5.64. The number of ether oxygens (including phenoxy) is 1. The summed E-state index contributed by atoms with van der Waals surface area (Å²) in [6, 6.07) is 8.30. The maximum Gasteiger partial charge on any atom is 0.0826 e. The fourth-order valence-electron chi connectivity index (χ4n) is 2.39. The van der Waals surface area contributed by atoms with Crippen LogP contribution in [0.3, 0.4) is 0 Å². The van der Waals surface area contributed by atoms with Crippen molar-refractivity contribution in [3.8, 4) is 0 Å². The van der Waals surface area contributed by atoms with Gasteiger partial charge in [0.2, 0.25) is 0 Å². The highest BCUT2D eigenvalue weighted by molar-refractivity contribution is 6.30. The topological polar surface area (TPSA) is 24.5 Å². The number of rotatable bonds is 5. The Hall–Kier alpha value is -0.610. The summed E-state index contributed by atoms with van der Waals surface area (Å²) >= 11 is 6.02. The third-order valence-corrected chi connectivity index (χ3v) is 3.91. The monoisotopic (exact) mass is 282 g/mol. The summed E-state index contributed by atoms with van der Waals surface area (Å²) in [5.74, 6) is 0. The van der Waals surface area contributed by atoms with Gasteiger partial charge in [-0.1, -0.05) is 30.7 Å². The van der Waals surface area contributed by atoms with Crippen molar-refractivity contribution in [3.05, 3.63) is 34.9 Å². The quantitative estimate of drug-likeness (QED) is 0.899. The first-order valence-electron chi connectivity index (χ1n) is 7.02. The molecule has 0 amide bonds. The number of hydrogen-bond acceptors (Lipinski definition) is 3. The molecule has 19 heavy (non-hydrogen) atoms. The van der Waals surface area contributed by atoms with Gasteiger partial charge in [0.1, 0.15) is 0 Å². The second-order valence-electron chi connectivity index (χ2n) is 5.07. The van der Waals surface area contributed by atoms with Crippen LogP contribution in [-0.4, -0.2) is 43.8 Å². The fourth-order valence-corrected chi connectivity index (χ4v) is 2.59. The lowest BCUT2D eigenvalue weighted by molar-refractivity contribution is -0.0261. The third kappa shape index (κ3) is 4.46. The number of halogens is 1. The Morgan fingerprint density at radius 1 is 1.53 bits per heavy atom. The zero-order valence-electron chi connectivity index (χ0n) is 11.7. The Morgan fingerprint density at radius 2 is 2.37 bits per heavy atom. The van der Waals surface area contributed by atoms with Crippen LogP contribution in [0.15, 0.2) is 24.3 Å². The Morgan fingerprint density at radius 3 is 3.11 bits per heavy atom. The van der Waals surface area contributed by atoms with Crippen LogP contribution in [0.5, 0.6) is 0 Å². The molecule has 106 valence electrons. The summed E-state index contributed by atoms with van der Waals surface area (Å²) in [6.07, 6.45) is 0.287. The molecule has 1 aromatic carbocycles. The van der Waals surface area contributed by atoms with Crippen LogP contribution >= 0.6 is 11.6 Å². The zero-order chi connectivity index (χ0) is 13.7. The lowest BCUT2D eigenvalue weighted by Gasteiger charge is -2.32. The van der Waals surface area contributed by atoms with Crippen molar-refractivity contribution >= 4 is 11.6 Å². The first-order valence-corrected chi connectivity index (χ1v) is 7.39. The molecule has 0 aromatic heterocycles. The molecule has 1 aliphatic heterocycles. The van der Waals surface area contributed by atoms with Gasteiger partial charge in [-0.3, -0.25) is 4.90 Å². The van der Waals surface area contributed by atoms with Crippen molar-refractivity contribution in [2.75, 3.05) is 32.8 Å². The molecule has 1 aromatic rings. The van der Waals surface area contributed by atoms with Gasteiger partial charge in [-0.2, -0.15) is 0 Å². The molecule has 1 saturated heterocycles. The molecule has 0 spiro atoms. The van der Waals surface area contributed by atoms with E-state index in [1.54, 1.807) is 0 Å². The minimum Gasteiger partial charge on any atom is -0.374 e. The lowest BCUT2D eigenvalue weighted by Crippen LogP contribution is -2.46. The van der Waals surface area contributed by atoms with Crippen LogP contribution < -0.4 is 5.32 Å². The molecule has 0 bridgehead atoms. The predicted molar refractivity (Wildman–Crippen MR) is 79.7 cm³/mol. The van der Waals surface area contributed by atoms with Crippen LogP contribution in [0.4, 0.5) is 0 Å². The molecule has 3 nitrogen and oxygen atoms in total. The summed E-state index contributed by atoms with van der Waals surface area (Å²) in [4.78, 5) is 2.43. The third-order valence-electron chi connectivity index (χ3n) is 3.67. The standard InChI is InChI=1S/C15H23ClN2O/c1-3-18-7-8-19-15(11-18)10-17-12(2)13-5-4-6-14(16)9-13/h4-6,9,12,15,17H,3,7-8,10-11H2,1-2H3/t12-,15?/m1/s1. The number of benzene rings is 1. The number of likely N-dealkylation sites (N-methyl/N-ethyl adjacent to an activating group) is 1. The van der Waals surface area contributed by atoms with Gasteiger partial charge in [-0.15, -0.1) is 0 Å². The molecule has 1 unspecified atom stereocenters. The lowest BCUT2D eigenvalue weighted by atomic mass is 10.1. The van der Waals surface area contributed by atoms with Crippen molar-refractivity contribution in [1.29, 1.82) is 0 Å². The van der Waals surface area contributed by atoms with Crippen molar-refractivity contribution in [1.82, 2.24) is 10.2 Å². The van der Waals surface area contributed by atoms with E-state index in [9.17, 15) is 0 Å². The molecule has 1 heterocycles. The van der Waals surface area contributed by atoms with Crippen molar-refractivity contribution in [3.63, 3.8) is 0 Å². The van der Waals surface area contributed by atoms with Crippen molar-refractivity contribution in [2.24, 2.45) is 0 Å². The van der Waals surface area contributed by atoms with Crippen molar-refractivity contribution in [2.45, 2.75) is 26.0 Å². The Balaban J connectivity index is 1.81. The van der Waals surface area contributed by atoms with Gasteiger partial charge in [-0.25, -0.2) is 0 Å². The normalized spacial score (nSPS) is 22.4. The van der Waals surface area contributed by atoms with Crippen LogP contribution in [0.25, 0.3) is 0 Å². The van der Waals surface area contributed by atoms with Crippen LogP contribution in [-0.2, 0) is 4.74 Å². The molecule has 1 aliphatic rings. The van der Waals surface area contributed by atoms with E-state index >= 15 is 0 Å². The van der Waals surface area contributed by atoms with Gasteiger partial charge in [0.05, 0.1) is 12.7 Å². The molecule has 2 atom stereocenters. The summed E-state index contributed by atoms with van der Waals surface area (Å²) in [7, 11) is 0. The van der Waals surface area contributed by atoms with E-state index in [2.05, 4.69) is 30.1 Å². The minimum absolute atomic E-state index is 0.287. The van der Waals surface area contributed by atoms with Crippen molar-refractivity contribution < 1.29 is 4.74 Å². The fraction of sp³-hybridized carbons (Fsp3) is 0.600. The summed E-state index contributed by atoms with van der Waals surface area (Å²) in [5, 5.41) is 4.32. The summed E-state index contributed by atoms with van der Waals surface area (Å²) < 4.78 is 5.79. The molecule has 0 aliphatic carbocycles. The summed E-state index contributed by atoms with van der Waals surface area (Å²) in [5.41, 5.74) is 1.22. The van der Waals surface area contributed by atoms with E-state index in [4.69, 9.17) is 16.3 Å². The first kappa shape index (κ1) is 14.8. The molecule has 1 N–H and O–H groups in total. The average Bonchev–Trinajstić information content (AvgIpc) is 2.45. The highest BCUT2D eigenvalue weighted by Crippen LogP contribution is 2.17. The van der Waals surface area contributed by atoms with Gasteiger partial charge in [-0.05, 0) is 31.2 Å². The zero-order valence-corrected chi connectivity index (χ0v) is 12.5. The SMILES string of the molecule is CCN1CCOC(CN[C@H](C)c2cccc(Cl)c2)C1. The highest BCUT2D eigenvalue weighted by atomic mass is 35.5. The predicted octanol–water partition coefficient (Wildman–Crippen LogP) is 2.71. The number of morpholine rings is 1. The van der Waals surface area contributed by atoms with Gasteiger partial charge in [0.15, 0.2) is 0 Å². The van der Waals surface area contributed by atoms with E-state index in [0.29, 0.717) is 6.04 Å². The minimum atomic E-state index is 0.287. The number of nitrogens with one attached hydrogen (secondary N) is 1. The molecular formula is C15H23ClN2O. The average molecular weight is 283 g/mol. The Bertz CT molecular complexity index is 399. The highest BCUT2D eigenvalue weighted by Gasteiger charge is 2.19. The van der Waals surface area contributed by atoms with E-state index in [-0.39, 0.29) is 6.10 Å². The van der Waals surface area contributed by atoms with Gasteiger partial charge in [0, 0.05) is 30.7 Å². The molecule has 1 fully saturated rings. The van der Waals surface area contributed by atoms with Crippen LogP contribution in [0.2, 0.25) is 5.02 Å². The number of hydrogen-bond donors (Lipinski definition) is 1. The second-order valence-corrected chi connectivity index (χ2v) is 5.51. The molecule has 0 saturated carbocycles. The van der Waals surface area contributed by atoms with Gasteiger partial charge >= 0.3 is 0 Å². The maximum absolute atomic E-state index is 6.02. The van der Waals surface area contributed by atoms with Gasteiger partial charge in [0.25, 0.3) is 0 Å². The second kappa shape index (κ2) is 7.25. The van der Waals surface area contributed by atoms with E-state index in [0.717, 1.165) is 37.8 Å². The van der Waals surface area contributed by atoms with E-state index < -0.39 is 0 Å². The summed E-state index contributed by atoms with van der Waals surface area (Å²) in [6.45, 7) is 9.25. The molecule has 4 heteroatoms.